The standard InChI is InChI=1S/C82H158O5/c1-3-5-7-9-11-13-15-17-19-21-23-25-27-29-31-33-35-37-39-40-41-42-43-45-47-49-51-53-55-57-59-61-63-65-67-69-71-73-75-77-82(85)87-80(78-83)79-86-81(84)76-74-72-70-68-66-64-62-60-58-56-54-52-50-48-46-44-38-36-34-32-30-28-26-24-22-20-18-16-14-12-10-8-6-4-2/h15,17,21,23,80,83H,3-14,16,18-20,22,24-79H2,1-2H3/b17-15-,23-21-. The topological polar surface area (TPSA) is 72.8 Å². The van der Waals surface area contributed by atoms with Crippen LogP contribution in [0.4, 0.5) is 0 Å². The highest BCUT2D eigenvalue weighted by atomic mass is 16.6. The fourth-order valence-corrected chi connectivity index (χ4v) is 12.9. The van der Waals surface area contributed by atoms with Crippen molar-refractivity contribution >= 4 is 11.9 Å². The third kappa shape index (κ3) is 76.7. The van der Waals surface area contributed by atoms with Crippen LogP contribution in [-0.4, -0.2) is 36.4 Å². The molecule has 0 aliphatic rings. The second-order valence-electron chi connectivity index (χ2n) is 27.9. The molecule has 87 heavy (non-hydrogen) atoms. The molecular formula is C82H158O5. The molecule has 0 rings (SSSR count). The Morgan fingerprint density at radius 2 is 0.460 bits per heavy atom. The molecule has 0 amide bonds. The summed E-state index contributed by atoms with van der Waals surface area (Å²) in [5.74, 6) is -0.558. The highest BCUT2D eigenvalue weighted by Crippen LogP contribution is 2.21. The van der Waals surface area contributed by atoms with E-state index in [0.29, 0.717) is 12.8 Å². The van der Waals surface area contributed by atoms with Gasteiger partial charge in [0.1, 0.15) is 6.61 Å². The summed E-state index contributed by atoms with van der Waals surface area (Å²) in [7, 11) is 0. The normalized spacial score (nSPS) is 12.2. The molecule has 0 radical (unpaired) electrons. The number of carbonyl (C=O) groups is 2. The lowest BCUT2D eigenvalue weighted by atomic mass is 10.0. The highest BCUT2D eigenvalue weighted by molar-refractivity contribution is 5.70. The van der Waals surface area contributed by atoms with Gasteiger partial charge in [0, 0.05) is 12.8 Å². The molecule has 5 heteroatoms. The van der Waals surface area contributed by atoms with E-state index >= 15 is 0 Å². The smallest absolute Gasteiger partial charge is 0.306 e. The zero-order valence-corrected chi connectivity index (χ0v) is 59.6. The zero-order valence-electron chi connectivity index (χ0n) is 59.6. The van der Waals surface area contributed by atoms with Crippen LogP contribution in [0, 0.1) is 0 Å². The maximum absolute atomic E-state index is 12.4. The van der Waals surface area contributed by atoms with Crippen molar-refractivity contribution in [2.24, 2.45) is 0 Å². The Bertz CT molecular complexity index is 1340. The average molecular weight is 1220 g/mol. The molecule has 516 valence electrons. The van der Waals surface area contributed by atoms with Gasteiger partial charge in [0.15, 0.2) is 6.10 Å². The largest absolute Gasteiger partial charge is 0.462 e. The van der Waals surface area contributed by atoms with Crippen molar-refractivity contribution in [3.63, 3.8) is 0 Å². The average Bonchev–Trinajstić information content (AvgIpc) is 3.52. The van der Waals surface area contributed by atoms with Crippen LogP contribution in [-0.2, 0) is 19.1 Å². The second kappa shape index (κ2) is 78.6. The number of aliphatic hydroxyl groups is 1. The lowest BCUT2D eigenvalue weighted by Crippen LogP contribution is -2.28. The number of ether oxygens (including phenoxy) is 2. The lowest BCUT2D eigenvalue weighted by molar-refractivity contribution is -0.161. The fourth-order valence-electron chi connectivity index (χ4n) is 12.9. The Balaban J connectivity index is 3.34. The van der Waals surface area contributed by atoms with Gasteiger partial charge in [-0.1, -0.05) is 436 Å². The van der Waals surface area contributed by atoms with Crippen LogP contribution in [0.25, 0.3) is 0 Å². The van der Waals surface area contributed by atoms with Crippen molar-refractivity contribution < 1.29 is 24.2 Å². The first-order valence-corrected chi connectivity index (χ1v) is 40.4. The molecule has 0 bridgehead atoms. The van der Waals surface area contributed by atoms with Gasteiger partial charge in [-0.05, 0) is 44.9 Å². The van der Waals surface area contributed by atoms with E-state index in [1.807, 2.05) is 0 Å². The van der Waals surface area contributed by atoms with Gasteiger partial charge in [-0.25, -0.2) is 0 Å². The minimum Gasteiger partial charge on any atom is -0.462 e. The number of unbranched alkanes of at least 4 members (excludes halogenated alkanes) is 65. The van der Waals surface area contributed by atoms with Gasteiger partial charge in [-0.2, -0.15) is 0 Å². The first kappa shape index (κ1) is 85.4. The molecule has 0 aliphatic carbocycles. The maximum atomic E-state index is 12.4. The summed E-state index contributed by atoms with van der Waals surface area (Å²) in [5, 5.41) is 9.73. The third-order valence-corrected chi connectivity index (χ3v) is 19.0. The van der Waals surface area contributed by atoms with Crippen LogP contribution in [0.3, 0.4) is 0 Å². The van der Waals surface area contributed by atoms with Crippen LogP contribution in [0.1, 0.15) is 470 Å². The van der Waals surface area contributed by atoms with Crippen LogP contribution in [0.2, 0.25) is 0 Å². The molecule has 5 nitrogen and oxygen atoms in total. The van der Waals surface area contributed by atoms with Crippen molar-refractivity contribution in [3.05, 3.63) is 24.3 Å². The predicted octanol–water partition coefficient (Wildman–Crippen LogP) is 28.3. The van der Waals surface area contributed by atoms with Gasteiger partial charge in [0.05, 0.1) is 6.61 Å². The molecule has 0 heterocycles. The first-order chi connectivity index (χ1) is 43.1. The Labute approximate surface area is 546 Å². The number of rotatable bonds is 77. The lowest BCUT2D eigenvalue weighted by Gasteiger charge is -2.15. The van der Waals surface area contributed by atoms with Crippen LogP contribution in [0.15, 0.2) is 24.3 Å². The quantitative estimate of drug-likeness (QED) is 0.0373. The Kier molecular flexibility index (Phi) is 77.2. The van der Waals surface area contributed by atoms with E-state index in [2.05, 4.69) is 38.2 Å². The zero-order chi connectivity index (χ0) is 62.6. The Morgan fingerprint density at radius 3 is 0.678 bits per heavy atom. The number of carbonyl (C=O) groups excluding carboxylic acids is 2. The fraction of sp³-hybridized carbons (Fsp3) is 0.927. The summed E-state index contributed by atoms with van der Waals surface area (Å²) in [6.45, 7) is 4.21. The molecular weight excluding hydrogens is 1060 g/mol. The molecule has 0 fully saturated rings. The minimum atomic E-state index is -0.768. The molecule has 0 saturated carbocycles. The van der Waals surface area contributed by atoms with Crippen LogP contribution in [0.5, 0.6) is 0 Å². The molecule has 0 saturated heterocycles. The van der Waals surface area contributed by atoms with Crippen LogP contribution >= 0.6 is 0 Å². The SMILES string of the molecule is CCCCCCC/C=C\C/C=C\CCCCCCCCCCCCCCCCCCCCCCCCCCCCCC(=O)OC(CO)COC(=O)CCCCCCCCCCCCCCCCCCCCCCCCCCCCCCCCCCCC. The molecule has 1 N–H and O–H groups in total. The van der Waals surface area contributed by atoms with Crippen molar-refractivity contribution in [3.8, 4) is 0 Å². The Morgan fingerprint density at radius 1 is 0.264 bits per heavy atom. The van der Waals surface area contributed by atoms with E-state index in [-0.39, 0.29) is 25.2 Å². The third-order valence-electron chi connectivity index (χ3n) is 19.0. The van der Waals surface area contributed by atoms with E-state index in [9.17, 15) is 14.7 Å². The van der Waals surface area contributed by atoms with E-state index < -0.39 is 6.10 Å². The number of esters is 2. The highest BCUT2D eigenvalue weighted by Gasteiger charge is 2.16. The van der Waals surface area contributed by atoms with Crippen molar-refractivity contribution in [2.75, 3.05) is 13.2 Å². The molecule has 1 unspecified atom stereocenters. The summed E-state index contributed by atoms with van der Waals surface area (Å²) in [4.78, 5) is 24.7. The Hall–Kier alpha value is -1.62. The number of allylic oxidation sites excluding steroid dienone is 4. The maximum Gasteiger partial charge on any atom is 0.306 e. The number of hydrogen-bond acceptors (Lipinski definition) is 5. The molecule has 0 aromatic heterocycles. The van der Waals surface area contributed by atoms with Gasteiger partial charge >= 0.3 is 11.9 Å². The van der Waals surface area contributed by atoms with E-state index in [0.717, 1.165) is 38.5 Å². The molecule has 0 aliphatic heterocycles. The van der Waals surface area contributed by atoms with Gasteiger partial charge in [-0.15, -0.1) is 0 Å². The first-order valence-electron chi connectivity index (χ1n) is 40.4. The predicted molar refractivity (Wildman–Crippen MR) is 385 cm³/mol. The summed E-state index contributed by atoms with van der Waals surface area (Å²) < 4.78 is 10.8. The van der Waals surface area contributed by atoms with E-state index in [1.165, 1.54) is 405 Å². The summed E-state index contributed by atoms with van der Waals surface area (Å²) in [6.07, 6.45) is 104. The van der Waals surface area contributed by atoms with Gasteiger partial charge in [0.2, 0.25) is 0 Å². The number of aliphatic hydroxyl groups excluding tert-OH is 1. The van der Waals surface area contributed by atoms with E-state index in [4.69, 9.17) is 9.47 Å². The van der Waals surface area contributed by atoms with Crippen molar-refractivity contribution in [1.82, 2.24) is 0 Å². The van der Waals surface area contributed by atoms with Crippen molar-refractivity contribution in [2.45, 2.75) is 476 Å². The molecule has 0 aromatic rings. The van der Waals surface area contributed by atoms with Crippen LogP contribution < -0.4 is 0 Å². The van der Waals surface area contributed by atoms with Gasteiger partial charge in [-0.3, -0.25) is 9.59 Å². The summed E-state index contributed by atoms with van der Waals surface area (Å²) >= 11 is 0. The van der Waals surface area contributed by atoms with Gasteiger partial charge in [0.25, 0.3) is 0 Å². The second-order valence-corrected chi connectivity index (χ2v) is 27.9. The monoisotopic (exact) mass is 1220 g/mol. The summed E-state index contributed by atoms with van der Waals surface area (Å²) in [6, 6.07) is 0. The van der Waals surface area contributed by atoms with Crippen molar-refractivity contribution in [1.29, 1.82) is 0 Å². The van der Waals surface area contributed by atoms with Gasteiger partial charge < -0.3 is 14.6 Å². The summed E-state index contributed by atoms with van der Waals surface area (Å²) in [5.41, 5.74) is 0. The molecule has 0 spiro atoms. The number of hydrogen-bond donors (Lipinski definition) is 1. The molecule has 0 aromatic carbocycles. The minimum absolute atomic E-state index is 0.0566. The van der Waals surface area contributed by atoms with E-state index in [1.54, 1.807) is 0 Å². The molecule has 1 atom stereocenters.